The van der Waals surface area contributed by atoms with Gasteiger partial charge in [-0.3, -0.25) is 0 Å². The summed E-state index contributed by atoms with van der Waals surface area (Å²) < 4.78 is 22.6. The molecule has 0 aliphatic carbocycles. The van der Waals surface area contributed by atoms with E-state index >= 15 is 0 Å². The summed E-state index contributed by atoms with van der Waals surface area (Å²) in [6, 6.07) is 6.19. The maximum atomic E-state index is 11.3. The highest BCUT2D eigenvalue weighted by atomic mass is 32.2. The molecule has 0 fully saturated rings. The maximum Gasteiger partial charge on any atom is 0.175 e. The molecule has 0 heterocycles. The summed E-state index contributed by atoms with van der Waals surface area (Å²) in [5.41, 5.74) is 4.71. The van der Waals surface area contributed by atoms with Crippen molar-refractivity contribution >= 4 is 9.84 Å². The molecule has 0 saturated carbocycles. The quantitative estimate of drug-likeness (QED) is 0.779. The first-order valence-electron chi connectivity index (χ1n) is 4.50. The Kier molecular flexibility index (Phi) is 3.18. The molecule has 0 spiro atoms. The first-order chi connectivity index (χ1) is 6.77. The number of hydrogen-bond donors (Lipinski definition) is 2. The molecule has 1 aromatic carbocycles. The third-order valence-electron chi connectivity index (χ3n) is 2.28. The van der Waals surface area contributed by atoms with Crippen molar-refractivity contribution in [3.8, 4) is 0 Å². The summed E-state index contributed by atoms with van der Waals surface area (Å²) in [5.74, 6) is 0. The van der Waals surface area contributed by atoms with Crippen molar-refractivity contribution in [2.24, 2.45) is 5.73 Å². The minimum Gasteiger partial charge on any atom is -0.384 e. The van der Waals surface area contributed by atoms with Gasteiger partial charge < -0.3 is 10.8 Å². The lowest BCUT2D eigenvalue weighted by Gasteiger charge is -2.21. The van der Waals surface area contributed by atoms with Crippen molar-refractivity contribution in [3.05, 3.63) is 29.8 Å². The van der Waals surface area contributed by atoms with E-state index in [-0.39, 0.29) is 11.4 Å². The molecular formula is C10H15NO3S. The van der Waals surface area contributed by atoms with Gasteiger partial charge in [0, 0.05) is 12.8 Å². The lowest BCUT2D eigenvalue weighted by atomic mass is 9.96. The molecule has 0 amide bonds. The van der Waals surface area contributed by atoms with Crippen LogP contribution in [0.25, 0.3) is 0 Å². The molecule has 84 valence electrons. The van der Waals surface area contributed by atoms with Crippen LogP contribution in [0.5, 0.6) is 0 Å². The summed E-state index contributed by atoms with van der Waals surface area (Å²) in [7, 11) is -3.25. The van der Waals surface area contributed by atoms with Gasteiger partial charge >= 0.3 is 0 Å². The Hall–Kier alpha value is -0.910. The van der Waals surface area contributed by atoms with Crippen molar-refractivity contribution in [1.82, 2.24) is 0 Å². The SMILES string of the molecule is CC(O)(CN)c1cccc(S(C)(=O)=O)c1. The minimum atomic E-state index is -3.25. The first kappa shape index (κ1) is 12.2. The second-order valence-corrected chi connectivity index (χ2v) is 5.79. The molecule has 0 aromatic heterocycles. The van der Waals surface area contributed by atoms with Gasteiger partial charge in [-0.25, -0.2) is 8.42 Å². The van der Waals surface area contributed by atoms with Gasteiger partial charge in [-0.1, -0.05) is 12.1 Å². The Morgan fingerprint density at radius 2 is 2.07 bits per heavy atom. The van der Waals surface area contributed by atoms with E-state index in [1.807, 2.05) is 0 Å². The topological polar surface area (TPSA) is 80.4 Å². The van der Waals surface area contributed by atoms with Crippen molar-refractivity contribution in [2.45, 2.75) is 17.4 Å². The van der Waals surface area contributed by atoms with Gasteiger partial charge in [0.25, 0.3) is 0 Å². The van der Waals surface area contributed by atoms with Crippen molar-refractivity contribution in [1.29, 1.82) is 0 Å². The van der Waals surface area contributed by atoms with Crippen LogP contribution < -0.4 is 5.73 Å². The molecule has 1 unspecified atom stereocenters. The fraction of sp³-hybridized carbons (Fsp3) is 0.400. The molecule has 0 saturated heterocycles. The number of benzene rings is 1. The molecule has 1 aromatic rings. The fourth-order valence-corrected chi connectivity index (χ4v) is 1.85. The van der Waals surface area contributed by atoms with Gasteiger partial charge in [0.15, 0.2) is 9.84 Å². The van der Waals surface area contributed by atoms with Crippen LogP contribution in [0.2, 0.25) is 0 Å². The fourth-order valence-electron chi connectivity index (χ4n) is 1.18. The summed E-state index contributed by atoms with van der Waals surface area (Å²) in [4.78, 5) is 0.189. The second-order valence-electron chi connectivity index (χ2n) is 3.78. The molecule has 0 radical (unpaired) electrons. The van der Waals surface area contributed by atoms with Crippen LogP contribution in [0, 0.1) is 0 Å². The largest absolute Gasteiger partial charge is 0.384 e. The predicted octanol–water partition coefficient (Wildman–Crippen LogP) is 0.256. The van der Waals surface area contributed by atoms with Gasteiger partial charge in [0.2, 0.25) is 0 Å². The van der Waals surface area contributed by atoms with Crippen LogP contribution in [0.4, 0.5) is 0 Å². The van der Waals surface area contributed by atoms with E-state index in [2.05, 4.69) is 0 Å². The summed E-state index contributed by atoms with van der Waals surface area (Å²) >= 11 is 0. The maximum absolute atomic E-state index is 11.3. The Morgan fingerprint density at radius 3 is 2.53 bits per heavy atom. The van der Waals surface area contributed by atoms with E-state index in [0.29, 0.717) is 5.56 Å². The Balaban J connectivity index is 3.26. The molecule has 1 rings (SSSR count). The van der Waals surface area contributed by atoms with Crippen LogP contribution in [0.3, 0.4) is 0 Å². The van der Waals surface area contributed by atoms with E-state index in [1.165, 1.54) is 12.1 Å². The lowest BCUT2D eigenvalue weighted by Crippen LogP contribution is -2.31. The van der Waals surface area contributed by atoms with Gasteiger partial charge in [-0.15, -0.1) is 0 Å². The van der Waals surface area contributed by atoms with E-state index in [4.69, 9.17) is 5.73 Å². The molecular weight excluding hydrogens is 214 g/mol. The molecule has 4 nitrogen and oxygen atoms in total. The molecule has 1 atom stereocenters. The molecule has 0 bridgehead atoms. The summed E-state index contributed by atoms with van der Waals surface area (Å²) in [5, 5.41) is 9.86. The smallest absolute Gasteiger partial charge is 0.175 e. The van der Waals surface area contributed by atoms with Crippen LogP contribution >= 0.6 is 0 Å². The lowest BCUT2D eigenvalue weighted by molar-refractivity contribution is 0.0666. The number of hydrogen-bond acceptors (Lipinski definition) is 4. The predicted molar refractivity (Wildman–Crippen MR) is 58.2 cm³/mol. The number of nitrogens with two attached hydrogens (primary N) is 1. The average Bonchev–Trinajstić information content (AvgIpc) is 2.17. The Morgan fingerprint density at radius 1 is 1.47 bits per heavy atom. The van der Waals surface area contributed by atoms with Crippen molar-refractivity contribution < 1.29 is 13.5 Å². The Labute approximate surface area is 89.7 Å². The highest BCUT2D eigenvalue weighted by Gasteiger charge is 2.22. The zero-order valence-electron chi connectivity index (χ0n) is 8.77. The normalized spacial score (nSPS) is 16.0. The van der Waals surface area contributed by atoms with Crippen LogP contribution in [0.15, 0.2) is 29.2 Å². The third kappa shape index (κ3) is 2.77. The molecule has 3 N–H and O–H groups in total. The molecule has 0 aliphatic rings. The van der Waals surface area contributed by atoms with Gasteiger partial charge in [-0.2, -0.15) is 0 Å². The number of rotatable bonds is 3. The number of sulfone groups is 1. The first-order valence-corrected chi connectivity index (χ1v) is 6.39. The highest BCUT2D eigenvalue weighted by molar-refractivity contribution is 7.90. The van der Waals surface area contributed by atoms with E-state index < -0.39 is 15.4 Å². The van der Waals surface area contributed by atoms with Crippen LogP contribution in [-0.4, -0.2) is 26.3 Å². The summed E-state index contributed by atoms with van der Waals surface area (Å²) in [6.07, 6.45) is 1.13. The minimum absolute atomic E-state index is 0.0419. The molecule has 0 aliphatic heterocycles. The zero-order valence-corrected chi connectivity index (χ0v) is 9.58. The summed E-state index contributed by atoms with van der Waals surface area (Å²) in [6.45, 7) is 1.59. The van der Waals surface area contributed by atoms with Gasteiger partial charge in [-0.05, 0) is 24.6 Å². The van der Waals surface area contributed by atoms with Crippen LogP contribution in [0.1, 0.15) is 12.5 Å². The number of aliphatic hydroxyl groups is 1. The van der Waals surface area contributed by atoms with E-state index in [9.17, 15) is 13.5 Å². The molecule has 5 heteroatoms. The highest BCUT2D eigenvalue weighted by Crippen LogP contribution is 2.21. The zero-order chi connectivity index (χ0) is 11.7. The van der Waals surface area contributed by atoms with Crippen molar-refractivity contribution in [2.75, 3.05) is 12.8 Å². The monoisotopic (exact) mass is 229 g/mol. The van der Waals surface area contributed by atoms with E-state index in [1.54, 1.807) is 19.1 Å². The van der Waals surface area contributed by atoms with Gasteiger partial charge in [0.1, 0.15) is 0 Å². The average molecular weight is 229 g/mol. The van der Waals surface area contributed by atoms with Crippen molar-refractivity contribution in [3.63, 3.8) is 0 Å². The third-order valence-corrected chi connectivity index (χ3v) is 3.39. The standard InChI is InChI=1S/C10H15NO3S/c1-10(12,7-11)8-4-3-5-9(6-8)15(2,13)14/h3-6,12H,7,11H2,1-2H3. The van der Waals surface area contributed by atoms with Crippen LogP contribution in [-0.2, 0) is 15.4 Å². The second kappa shape index (κ2) is 3.92. The Bertz CT molecular complexity index is 451. The van der Waals surface area contributed by atoms with Gasteiger partial charge in [0.05, 0.1) is 10.5 Å². The van der Waals surface area contributed by atoms with E-state index in [0.717, 1.165) is 6.26 Å². The molecule has 15 heavy (non-hydrogen) atoms.